The molecule has 1 aliphatic heterocycles. The summed E-state index contributed by atoms with van der Waals surface area (Å²) < 4.78 is 13.6. The van der Waals surface area contributed by atoms with Crippen LogP contribution in [-0.2, 0) is 14.3 Å². The Hall–Kier alpha value is -4.04. The van der Waals surface area contributed by atoms with Crippen LogP contribution in [0, 0.1) is 6.92 Å². The van der Waals surface area contributed by atoms with Gasteiger partial charge in [0.25, 0.3) is 0 Å². The summed E-state index contributed by atoms with van der Waals surface area (Å²) in [4.78, 5) is 25.7. The Morgan fingerprint density at radius 1 is 1.14 bits per heavy atom. The number of anilines is 1. The predicted molar refractivity (Wildman–Crippen MR) is 143 cm³/mol. The van der Waals surface area contributed by atoms with Gasteiger partial charge in [-0.3, -0.25) is 4.57 Å². The molecule has 8 heteroatoms. The van der Waals surface area contributed by atoms with E-state index in [0.29, 0.717) is 17.0 Å². The number of hydrogen-bond donors (Lipinski definition) is 1. The van der Waals surface area contributed by atoms with Crippen molar-refractivity contribution in [1.29, 1.82) is 0 Å². The Labute approximate surface area is 216 Å². The number of esters is 1. The van der Waals surface area contributed by atoms with Crippen LogP contribution in [-0.4, -0.2) is 38.2 Å². The van der Waals surface area contributed by atoms with Crippen LogP contribution in [0.2, 0.25) is 0 Å². The van der Waals surface area contributed by atoms with Crippen molar-refractivity contribution in [1.82, 2.24) is 19.5 Å². The highest BCUT2D eigenvalue weighted by molar-refractivity contribution is 5.87. The van der Waals surface area contributed by atoms with E-state index in [1.54, 1.807) is 18.7 Å². The van der Waals surface area contributed by atoms with Crippen molar-refractivity contribution in [3.63, 3.8) is 0 Å². The van der Waals surface area contributed by atoms with E-state index in [2.05, 4.69) is 39.3 Å². The lowest BCUT2D eigenvalue weighted by atomic mass is 10.0. The molecular formula is C29H31N5O3. The van der Waals surface area contributed by atoms with Crippen molar-refractivity contribution in [2.45, 2.75) is 51.5 Å². The monoisotopic (exact) mass is 497 g/mol. The first-order valence-corrected chi connectivity index (χ1v) is 12.7. The van der Waals surface area contributed by atoms with Crippen molar-refractivity contribution < 1.29 is 14.3 Å². The highest BCUT2D eigenvalue weighted by atomic mass is 16.6. The van der Waals surface area contributed by atoms with Crippen molar-refractivity contribution in [3.05, 3.63) is 90.0 Å². The van der Waals surface area contributed by atoms with Crippen LogP contribution in [0.3, 0.4) is 0 Å². The molecular weight excluding hydrogens is 466 g/mol. The molecule has 0 radical (unpaired) electrons. The molecule has 3 unspecified atom stereocenters. The molecule has 1 aliphatic rings. The van der Waals surface area contributed by atoms with Crippen LogP contribution in [0.25, 0.3) is 17.2 Å². The maximum Gasteiger partial charge on any atom is 0.330 e. The molecule has 2 aromatic heterocycles. The van der Waals surface area contributed by atoms with Gasteiger partial charge in [0.05, 0.1) is 18.5 Å². The molecule has 0 aliphatic carbocycles. The normalized spacial score (nSPS) is 18.3. The minimum Gasteiger partial charge on any atom is -0.460 e. The fourth-order valence-electron chi connectivity index (χ4n) is 4.52. The first-order valence-electron chi connectivity index (χ1n) is 12.7. The number of imidazole rings is 1. The standard InChI is InChI=1S/C29H31N5O3/c1-3-24(22-7-5-4-6-8-22)33-28-27-29(31-18-30-28)34(19-32-27)25-15-14-23(37-25)17-36-26(35)16-13-21-11-9-20(2)10-12-21/h4-13,16,18-19,23-25H,3,14-15,17H2,1-2H3,(H,30,31,33)/b16-13+. The van der Waals surface area contributed by atoms with Gasteiger partial charge in [-0.15, -0.1) is 0 Å². The van der Waals surface area contributed by atoms with Gasteiger partial charge in [-0.1, -0.05) is 67.1 Å². The third kappa shape index (κ3) is 5.86. The second kappa shape index (κ2) is 11.3. The number of aromatic nitrogens is 4. The Bertz CT molecular complexity index is 1370. The third-order valence-corrected chi connectivity index (χ3v) is 6.58. The molecule has 1 N–H and O–H groups in total. The van der Waals surface area contributed by atoms with Gasteiger partial charge in [0.2, 0.25) is 0 Å². The molecule has 2 aromatic carbocycles. The van der Waals surface area contributed by atoms with Crippen molar-refractivity contribution in [2.24, 2.45) is 0 Å². The highest BCUT2D eigenvalue weighted by Gasteiger charge is 2.29. The summed E-state index contributed by atoms with van der Waals surface area (Å²) in [6, 6.07) is 18.4. The van der Waals surface area contributed by atoms with Crippen molar-refractivity contribution in [3.8, 4) is 0 Å². The molecule has 1 saturated heterocycles. The van der Waals surface area contributed by atoms with Gasteiger partial charge >= 0.3 is 5.97 Å². The molecule has 3 atom stereocenters. The average molecular weight is 498 g/mol. The number of ether oxygens (including phenoxy) is 2. The van der Waals surface area contributed by atoms with E-state index in [-0.39, 0.29) is 30.9 Å². The van der Waals surface area contributed by atoms with E-state index in [1.165, 1.54) is 17.2 Å². The van der Waals surface area contributed by atoms with Gasteiger partial charge < -0.3 is 14.8 Å². The number of carbonyl (C=O) groups excluding carboxylic acids is 1. The van der Waals surface area contributed by atoms with E-state index in [9.17, 15) is 4.79 Å². The summed E-state index contributed by atoms with van der Waals surface area (Å²) in [7, 11) is 0. The van der Waals surface area contributed by atoms with E-state index in [4.69, 9.17) is 9.47 Å². The Morgan fingerprint density at radius 3 is 2.73 bits per heavy atom. The number of carbonyl (C=O) groups is 1. The SMILES string of the molecule is CCC(Nc1ncnc2c1ncn2C1CCC(COC(=O)/C=C/c2ccc(C)cc2)O1)c1ccccc1. The zero-order valence-corrected chi connectivity index (χ0v) is 21.1. The van der Waals surface area contributed by atoms with Gasteiger partial charge in [-0.25, -0.2) is 19.7 Å². The topological polar surface area (TPSA) is 91.2 Å². The van der Waals surface area contributed by atoms with Gasteiger partial charge in [0.1, 0.15) is 19.2 Å². The summed E-state index contributed by atoms with van der Waals surface area (Å²) in [5.41, 5.74) is 4.74. The number of benzene rings is 2. The third-order valence-electron chi connectivity index (χ3n) is 6.58. The highest BCUT2D eigenvalue weighted by Crippen LogP contribution is 2.32. The first-order chi connectivity index (χ1) is 18.1. The lowest BCUT2D eigenvalue weighted by Crippen LogP contribution is -2.18. The Balaban J connectivity index is 1.20. The fourth-order valence-corrected chi connectivity index (χ4v) is 4.52. The summed E-state index contributed by atoms with van der Waals surface area (Å²) in [5, 5.41) is 3.53. The molecule has 4 aromatic rings. The molecule has 0 saturated carbocycles. The van der Waals surface area contributed by atoms with E-state index in [1.807, 2.05) is 54.0 Å². The van der Waals surface area contributed by atoms with Crippen molar-refractivity contribution >= 4 is 29.0 Å². The number of rotatable bonds is 9. The van der Waals surface area contributed by atoms with Gasteiger partial charge in [0, 0.05) is 6.08 Å². The van der Waals surface area contributed by atoms with Gasteiger partial charge in [-0.05, 0) is 43.4 Å². The summed E-state index contributed by atoms with van der Waals surface area (Å²) >= 11 is 0. The van der Waals surface area contributed by atoms with Gasteiger partial charge in [-0.2, -0.15) is 0 Å². The molecule has 1 fully saturated rings. The Morgan fingerprint density at radius 2 is 1.95 bits per heavy atom. The number of fused-ring (bicyclic) bond motifs is 1. The molecule has 8 nitrogen and oxygen atoms in total. The first kappa shape index (κ1) is 24.6. The number of hydrogen-bond acceptors (Lipinski definition) is 7. The zero-order valence-electron chi connectivity index (χ0n) is 21.1. The molecule has 0 amide bonds. The average Bonchev–Trinajstić information content (AvgIpc) is 3.58. The smallest absolute Gasteiger partial charge is 0.330 e. The minimum absolute atomic E-state index is 0.117. The maximum absolute atomic E-state index is 12.2. The molecule has 0 bridgehead atoms. The second-order valence-corrected chi connectivity index (χ2v) is 9.23. The number of nitrogens with one attached hydrogen (secondary N) is 1. The van der Waals surface area contributed by atoms with Crippen LogP contribution in [0.15, 0.2) is 73.3 Å². The van der Waals surface area contributed by atoms with Crippen LogP contribution in [0.4, 0.5) is 5.82 Å². The Kier molecular flexibility index (Phi) is 7.56. The van der Waals surface area contributed by atoms with Crippen LogP contribution >= 0.6 is 0 Å². The van der Waals surface area contributed by atoms with Crippen LogP contribution in [0.1, 0.15) is 55.1 Å². The van der Waals surface area contributed by atoms with Crippen LogP contribution < -0.4 is 5.32 Å². The minimum atomic E-state index is -0.381. The zero-order chi connectivity index (χ0) is 25.6. The van der Waals surface area contributed by atoms with E-state index < -0.39 is 0 Å². The fraction of sp³-hybridized carbons (Fsp3) is 0.310. The van der Waals surface area contributed by atoms with Gasteiger partial charge in [0.15, 0.2) is 17.0 Å². The van der Waals surface area contributed by atoms with E-state index >= 15 is 0 Å². The lowest BCUT2D eigenvalue weighted by Gasteiger charge is -2.18. The maximum atomic E-state index is 12.2. The molecule has 3 heterocycles. The molecule has 190 valence electrons. The van der Waals surface area contributed by atoms with Crippen LogP contribution in [0.5, 0.6) is 0 Å². The summed E-state index contributed by atoms with van der Waals surface area (Å²) in [6.45, 7) is 4.37. The molecule has 5 rings (SSSR count). The summed E-state index contributed by atoms with van der Waals surface area (Å²) in [5.74, 6) is 0.316. The quantitative estimate of drug-likeness (QED) is 0.237. The van der Waals surface area contributed by atoms with Crippen molar-refractivity contribution in [2.75, 3.05) is 11.9 Å². The predicted octanol–water partition coefficient (Wildman–Crippen LogP) is 5.63. The molecule has 37 heavy (non-hydrogen) atoms. The molecule has 0 spiro atoms. The largest absolute Gasteiger partial charge is 0.460 e. The van der Waals surface area contributed by atoms with E-state index in [0.717, 1.165) is 24.8 Å². The number of aryl methyl sites for hydroxylation is 1. The summed E-state index contributed by atoms with van der Waals surface area (Å²) in [6.07, 6.45) is 8.56. The number of nitrogens with zero attached hydrogens (tertiary/aromatic N) is 4. The second-order valence-electron chi connectivity index (χ2n) is 9.23. The lowest BCUT2D eigenvalue weighted by molar-refractivity contribution is -0.142.